The summed E-state index contributed by atoms with van der Waals surface area (Å²) < 4.78 is 0. The Balaban J connectivity index is 1.72. The number of rotatable bonds is 6. The van der Waals surface area contributed by atoms with Crippen LogP contribution in [0.2, 0.25) is 0 Å². The normalized spacial score (nSPS) is 28.4. The Morgan fingerprint density at radius 2 is 1.85 bits per heavy atom. The van der Waals surface area contributed by atoms with Gasteiger partial charge in [0.05, 0.1) is 11.0 Å². The minimum absolute atomic E-state index is 0.0358. The average molecular weight is 373 g/mol. The van der Waals surface area contributed by atoms with Gasteiger partial charge >= 0.3 is 6.03 Å². The number of benzene rings is 1. The Morgan fingerprint density at radius 1 is 1.22 bits per heavy atom. The Hall–Kier alpha value is -2.08. The summed E-state index contributed by atoms with van der Waals surface area (Å²) in [6.45, 7) is 7.62. The van der Waals surface area contributed by atoms with Crippen LogP contribution in [0.15, 0.2) is 30.3 Å². The highest BCUT2D eigenvalue weighted by molar-refractivity contribution is 5.82. The van der Waals surface area contributed by atoms with E-state index in [-0.39, 0.29) is 23.0 Å². The van der Waals surface area contributed by atoms with E-state index >= 15 is 0 Å². The molecule has 1 aromatic carbocycles. The molecule has 1 aliphatic heterocycles. The first-order valence-electron chi connectivity index (χ1n) is 9.90. The summed E-state index contributed by atoms with van der Waals surface area (Å²) >= 11 is 0. The van der Waals surface area contributed by atoms with Crippen molar-refractivity contribution in [2.75, 3.05) is 19.6 Å². The van der Waals surface area contributed by atoms with Crippen LogP contribution in [-0.4, -0.2) is 42.0 Å². The lowest BCUT2D eigenvalue weighted by Crippen LogP contribution is -2.54. The van der Waals surface area contributed by atoms with Crippen molar-refractivity contribution < 1.29 is 9.59 Å². The van der Waals surface area contributed by atoms with Crippen molar-refractivity contribution in [1.29, 1.82) is 0 Å². The number of nitrogens with zero attached hydrogens (tertiary/aromatic N) is 1. The van der Waals surface area contributed by atoms with Crippen LogP contribution in [0, 0.1) is 5.41 Å². The number of nitrogens with one attached hydrogen (secondary N) is 2. The molecular weight excluding hydrogens is 340 g/mol. The largest absolute Gasteiger partial charge is 0.369 e. The predicted molar refractivity (Wildman–Crippen MR) is 106 cm³/mol. The Kier molecular flexibility index (Phi) is 5.21. The first kappa shape index (κ1) is 19.7. The summed E-state index contributed by atoms with van der Waals surface area (Å²) in [5, 5.41) is 6.93. The van der Waals surface area contributed by atoms with E-state index in [1.165, 1.54) is 5.56 Å². The standard InChI is InChI=1S/C21H32N4O2/c1-4-23-21(16-8-6-5-7-9-16)12-10-20(11-13-21)15-25(18(27)24-20)14-19(2,3)17(22)26/h5-9,23H,4,10-15H2,1-3H3,(H2,22,26)(H,24,27)/t20-,21-. The molecule has 4 N–H and O–H groups in total. The number of carbonyl (C=O) groups excluding carboxylic acids is 2. The molecular formula is C21H32N4O2. The summed E-state index contributed by atoms with van der Waals surface area (Å²) in [4.78, 5) is 26.0. The van der Waals surface area contributed by atoms with Gasteiger partial charge in [-0.1, -0.05) is 37.3 Å². The molecule has 0 unspecified atom stereocenters. The van der Waals surface area contributed by atoms with E-state index < -0.39 is 5.41 Å². The summed E-state index contributed by atoms with van der Waals surface area (Å²) in [6, 6.07) is 10.5. The second kappa shape index (κ2) is 7.15. The topological polar surface area (TPSA) is 87.5 Å². The zero-order valence-corrected chi connectivity index (χ0v) is 16.7. The molecule has 1 aliphatic carbocycles. The van der Waals surface area contributed by atoms with Gasteiger partial charge in [-0.05, 0) is 51.6 Å². The van der Waals surface area contributed by atoms with Crippen LogP contribution in [-0.2, 0) is 10.3 Å². The van der Waals surface area contributed by atoms with Crippen molar-refractivity contribution in [3.8, 4) is 0 Å². The monoisotopic (exact) mass is 372 g/mol. The molecule has 6 heteroatoms. The first-order valence-corrected chi connectivity index (χ1v) is 9.90. The maximum atomic E-state index is 12.6. The lowest BCUT2D eigenvalue weighted by atomic mass is 9.69. The molecule has 148 valence electrons. The minimum Gasteiger partial charge on any atom is -0.369 e. The Labute approximate surface area is 161 Å². The second-order valence-electron chi connectivity index (χ2n) is 8.79. The summed E-state index contributed by atoms with van der Waals surface area (Å²) in [6.07, 6.45) is 3.76. The molecule has 1 spiro atoms. The molecule has 27 heavy (non-hydrogen) atoms. The van der Waals surface area contributed by atoms with Gasteiger partial charge in [-0.25, -0.2) is 4.79 Å². The molecule has 0 aromatic heterocycles. The van der Waals surface area contributed by atoms with Gasteiger partial charge < -0.3 is 21.3 Å². The van der Waals surface area contributed by atoms with Crippen LogP contribution < -0.4 is 16.4 Å². The zero-order valence-electron chi connectivity index (χ0n) is 16.7. The quantitative estimate of drug-likeness (QED) is 0.716. The van der Waals surface area contributed by atoms with Gasteiger partial charge in [0.2, 0.25) is 5.91 Å². The molecule has 0 radical (unpaired) electrons. The van der Waals surface area contributed by atoms with E-state index in [0.29, 0.717) is 13.1 Å². The van der Waals surface area contributed by atoms with Crippen LogP contribution in [0.4, 0.5) is 4.79 Å². The number of hydrogen-bond donors (Lipinski definition) is 3. The predicted octanol–water partition coefficient (Wildman–Crippen LogP) is 2.34. The lowest BCUT2D eigenvalue weighted by Gasteiger charge is -2.45. The maximum Gasteiger partial charge on any atom is 0.318 e. The van der Waals surface area contributed by atoms with Crippen LogP contribution >= 0.6 is 0 Å². The van der Waals surface area contributed by atoms with E-state index in [0.717, 1.165) is 32.2 Å². The molecule has 3 amide bonds. The maximum absolute atomic E-state index is 12.6. The smallest absolute Gasteiger partial charge is 0.318 e. The third-order valence-corrected chi connectivity index (χ3v) is 6.31. The van der Waals surface area contributed by atoms with Crippen molar-refractivity contribution in [2.45, 2.75) is 57.5 Å². The van der Waals surface area contributed by atoms with Crippen LogP contribution in [0.25, 0.3) is 0 Å². The van der Waals surface area contributed by atoms with Crippen molar-refractivity contribution >= 4 is 11.9 Å². The van der Waals surface area contributed by atoms with E-state index in [2.05, 4.69) is 41.8 Å². The van der Waals surface area contributed by atoms with Gasteiger partial charge in [0, 0.05) is 18.6 Å². The number of hydrogen-bond acceptors (Lipinski definition) is 3. The number of amides is 3. The molecule has 1 saturated carbocycles. The third kappa shape index (κ3) is 3.81. The molecule has 1 saturated heterocycles. The number of carbonyl (C=O) groups is 2. The summed E-state index contributed by atoms with van der Waals surface area (Å²) in [5.41, 5.74) is 5.84. The molecule has 6 nitrogen and oxygen atoms in total. The van der Waals surface area contributed by atoms with Crippen molar-refractivity contribution in [1.82, 2.24) is 15.5 Å². The number of urea groups is 1. The van der Waals surface area contributed by atoms with Gasteiger partial charge in [0.25, 0.3) is 0 Å². The highest BCUT2D eigenvalue weighted by Crippen LogP contribution is 2.43. The first-order chi connectivity index (χ1) is 12.7. The van der Waals surface area contributed by atoms with E-state index in [1.54, 1.807) is 18.7 Å². The fraction of sp³-hybridized carbons (Fsp3) is 0.619. The molecule has 2 fully saturated rings. The van der Waals surface area contributed by atoms with Crippen LogP contribution in [0.5, 0.6) is 0 Å². The molecule has 0 atom stereocenters. The zero-order chi connectivity index (χ0) is 19.7. The minimum atomic E-state index is -0.727. The fourth-order valence-corrected chi connectivity index (χ4v) is 4.57. The fourth-order valence-electron chi connectivity index (χ4n) is 4.57. The molecule has 3 rings (SSSR count). The van der Waals surface area contributed by atoms with Crippen molar-refractivity contribution in [3.05, 3.63) is 35.9 Å². The lowest BCUT2D eigenvalue weighted by molar-refractivity contribution is -0.126. The van der Waals surface area contributed by atoms with E-state index in [1.807, 2.05) is 6.07 Å². The van der Waals surface area contributed by atoms with Gasteiger partial charge in [-0.3, -0.25) is 4.79 Å². The highest BCUT2D eigenvalue weighted by atomic mass is 16.2. The summed E-state index contributed by atoms with van der Waals surface area (Å²) in [5.74, 6) is -0.380. The SMILES string of the molecule is CCN[C@]1(c2ccccc2)CC[C@@]2(CC1)CN(CC(C)(C)C(N)=O)C(=O)N2. The Bertz CT molecular complexity index is 693. The van der Waals surface area contributed by atoms with Crippen molar-refractivity contribution in [2.24, 2.45) is 11.1 Å². The van der Waals surface area contributed by atoms with Gasteiger partial charge in [-0.15, -0.1) is 0 Å². The van der Waals surface area contributed by atoms with E-state index in [4.69, 9.17) is 5.73 Å². The number of primary amides is 1. The van der Waals surface area contributed by atoms with Crippen LogP contribution in [0.3, 0.4) is 0 Å². The molecule has 1 heterocycles. The Morgan fingerprint density at radius 3 is 2.41 bits per heavy atom. The average Bonchev–Trinajstić information content (AvgIpc) is 2.93. The van der Waals surface area contributed by atoms with Gasteiger partial charge in [0.1, 0.15) is 0 Å². The number of nitrogens with two attached hydrogens (primary N) is 1. The van der Waals surface area contributed by atoms with Gasteiger partial charge in [0.15, 0.2) is 0 Å². The molecule has 0 bridgehead atoms. The molecule has 1 aromatic rings. The van der Waals surface area contributed by atoms with E-state index in [9.17, 15) is 9.59 Å². The van der Waals surface area contributed by atoms with Gasteiger partial charge in [-0.2, -0.15) is 0 Å². The third-order valence-electron chi connectivity index (χ3n) is 6.31. The summed E-state index contributed by atoms with van der Waals surface area (Å²) in [7, 11) is 0. The van der Waals surface area contributed by atoms with Crippen molar-refractivity contribution in [3.63, 3.8) is 0 Å². The molecule has 2 aliphatic rings. The second-order valence-corrected chi connectivity index (χ2v) is 8.79. The van der Waals surface area contributed by atoms with Crippen LogP contribution in [0.1, 0.15) is 52.0 Å². The highest BCUT2D eigenvalue weighted by Gasteiger charge is 2.49.